The summed E-state index contributed by atoms with van der Waals surface area (Å²) in [5, 5.41) is 14.2. The smallest absolute Gasteiger partial charge is 0.303 e. The third-order valence-electron chi connectivity index (χ3n) is 2.71. The van der Waals surface area contributed by atoms with Gasteiger partial charge in [-0.25, -0.2) is 5.01 Å². The van der Waals surface area contributed by atoms with Gasteiger partial charge in [0.2, 0.25) is 0 Å². The number of hydrazone groups is 1. The maximum absolute atomic E-state index is 11.9. The van der Waals surface area contributed by atoms with Crippen LogP contribution in [0.1, 0.15) is 39.5 Å². The number of rotatable bonds is 6. The topological polar surface area (TPSA) is 70.0 Å². The molecule has 16 heavy (non-hydrogen) atoms. The van der Waals surface area contributed by atoms with Crippen LogP contribution >= 0.6 is 0 Å². The van der Waals surface area contributed by atoms with Gasteiger partial charge in [-0.3, -0.25) is 9.59 Å². The van der Waals surface area contributed by atoms with Crippen LogP contribution < -0.4 is 0 Å². The Morgan fingerprint density at radius 2 is 2.25 bits per heavy atom. The molecule has 0 aliphatic carbocycles. The highest BCUT2D eigenvalue weighted by Gasteiger charge is 2.32. The SMILES string of the molecule is CCCCN1N=C(C)C(CCC(=O)O)C1=O. The molecule has 0 bridgehead atoms. The van der Waals surface area contributed by atoms with Gasteiger partial charge in [-0.05, 0) is 19.8 Å². The predicted molar refractivity (Wildman–Crippen MR) is 60.1 cm³/mol. The van der Waals surface area contributed by atoms with Gasteiger partial charge in [-0.2, -0.15) is 5.10 Å². The predicted octanol–water partition coefficient (Wildman–Crippen LogP) is 1.49. The first-order chi connectivity index (χ1) is 7.56. The molecule has 5 heteroatoms. The normalized spacial score (nSPS) is 20.1. The van der Waals surface area contributed by atoms with Crippen molar-refractivity contribution in [2.24, 2.45) is 11.0 Å². The fraction of sp³-hybridized carbons (Fsp3) is 0.727. The maximum Gasteiger partial charge on any atom is 0.303 e. The fourth-order valence-corrected chi connectivity index (χ4v) is 1.74. The molecule has 0 aromatic heterocycles. The summed E-state index contributed by atoms with van der Waals surface area (Å²) in [6.07, 6.45) is 2.31. The van der Waals surface area contributed by atoms with Gasteiger partial charge in [-0.1, -0.05) is 13.3 Å². The van der Waals surface area contributed by atoms with Crippen molar-refractivity contribution in [2.75, 3.05) is 6.54 Å². The van der Waals surface area contributed by atoms with E-state index in [-0.39, 0.29) is 18.2 Å². The summed E-state index contributed by atoms with van der Waals surface area (Å²) in [6, 6.07) is 0. The van der Waals surface area contributed by atoms with Crippen LogP contribution in [0.2, 0.25) is 0 Å². The lowest BCUT2D eigenvalue weighted by Crippen LogP contribution is -2.28. The number of hydrogen-bond donors (Lipinski definition) is 1. The first-order valence-electron chi connectivity index (χ1n) is 5.64. The summed E-state index contributed by atoms with van der Waals surface area (Å²) < 4.78 is 0. The summed E-state index contributed by atoms with van der Waals surface area (Å²) in [6.45, 7) is 4.48. The Morgan fingerprint density at radius 3 is 2.81 bits per heavy atom. The lowest BCUT2D eigenvalue weighted by Gasteiger charge is -2.13. The van der Waals surface area contributed by atoms with Gasteiger partial charge in [0.05, 0.1) is 5.92 Å². The molecule has 0 spiro atoms. The Kier molecular flexibility index (Phi) is 4.46. The number of nitrogens with zero attached hydrogens (tertiary/aromatic N) is 2. The van der Waals surface area contributed by atoms with Gasteiger partial charge >= 0.3 is 5.97 Å². The van der Waals surface area contributed by atoms with Crippen molar-refractivity contribution in [3.8, 4) is 0 Å². The molecule has 1 amide bonds. The van der Waals surface area contributed by atoms with Crippen LogP contribution in [0.25, 0.3) is 0 Å². The van der Waals surface area contributed by atoms with E-state index >= 15 is 0 Å². The number of carboxylic acids is 1. The first-order valence-corrected chi connectivity index (χ1v) is 5.64. The van der Waals surface area contributed by atoms with E-state index in [0.29, 0.717) is 13.0 Å². The molecule has 0 fully saturated rings. The zero-order valence-corrected chi connectivity index (χ0v) is 9.77. The van der Waals surface area contributed by atoms with Gasteiger partial charge in [0.1, 0.15) is 0 Å². The number of carbonyl (C=O) groups excluding carboxylic acids is 1. The molecule has 1 aliphatic rings. The quantitative estimate of drug-likeness (QED) is 0.745. The summed E-state index contributed by atoms with van der Waals surface area (Å²) >= 11 is 0. The highest BCUT2D eigenvalue weighted by atomic mass is 16.4. The molecule has 0 aromatic carbocycles. The molecule has 0 radical (unpaired) electrons. The maximum atomic E-state index is 11.9. The summed E-state index contributed by atoms with van der Waals surface area (Å²) in [5.74, 6) is -1.24. The number of amides is 1. The van der Waals surface area contributed by atoms with Crippen molar-refractivity contribution in [3.63, 3.8) is 0 Å². The molecule has 1 rings (SSSR count). The third kappa shape index (κ3) is 3.05. The average Bonchev–Trinajstić information content (AvgIpc) is 2.48. The van der Waals surface area contributed by atoms with E-state index in [1.807, 2.05) is 0 Å². The highest BCUT2D eigenvalue weighted by molar-refractivity contribution is 6.07. The molecule has 0 aromatic rings. The van der Waals surface area contributed by atoms with Crippen molar-refractivity contribution >= 4 is 17.6 Å². The fourth-order valence-electron chi connectivity index (χ4n) is 1.74. The second-order valence-corrected chi connectivity index (χ2v) is 4.04. The largest absolute Gasteiger partial charge is 0.481 e. The molecule has 1 heterocycles. The van der Waals surface area contributed by atoms with Crippen LogP contribution in [0.15, 0.2) is 5.10 Å². The molecule has 1 N–H and O–H groups in total. The Balaban J connectivity index is 2.52. The monoisotopic (exact) mass is 226 g/mol. The molecule has 90 valence electrons. The van der Waals surface area contributed by atoms with Crippen LogP contribution in [-0.2, 0) is 9.59 Å². The number of aliphatic carboxylic acids is 1. The Hall–Kier alpha value is -1.39. The molecular formula is C11H18N2O3. The minimum absolute atomic E-state index is 0.0187. The Bertz CT molecular complexity index is 312. The number of carbonyl (C=O) groups is 2. The van der Waals surface area contributed by atoms with Crippen LogP contribution in [0.4, 0.5) is 0 Å². The van der Waals surface area contributed by atoms with E-state index in [0.717, 1.165) is 18.6 Å². The van der Waals surface area contributed by atoms with Crippen LogP contribution in [0, 0.1) is 5.92 Å². The van der Waals surface area contributed by atoms with E-state index < -0.39 is 5.97 Å². The van der Waals surface area contributed by atoms with E-state index in [1.54, 1.807) is 6.92 Å². The van der Waals surface area contributed by atoms with Gasteiger partial charge in [0, 0.05) is 18.7 Å². The van der Waals surface area contributed by atoms with Crippen molar-refractivity contribution in [1.29, 1.82) is 0 Å². The highest BCUT2D eigenvalue weighted by Crippen LogP contribution is 2.20. The molecule has 1 unspecified atom stereocenters. The van der Waals surface area contributed by atoms with Gasteiger partial charge < -0.3 is 5.11 Å². The minimum atomic E-state index is -0.868. The zero-order chi connectivity index (χ0) is 12.1. The van der Waals surface area contributed by atoms with Crippen LogP contribution in [0.3, 0.4) is 0 Å². The molecule has 5 nitrogen and oxygen atoms in total. The minimum Gasteiger partial charge on any atom is -0.481 e. The van der Waals surface area contributed by atoms with Crippen LogP contribution in [0.5, 0.6) is 0 Å². The molecule has 0 saturated heterocycles. The summed E-state index contributed by atoms with van der Waals surface area (Å²) in [7, 11) is 0. The van der Waals surface area contributed by atoms with E-state index in [9.17, 15) is 9.59 Å². The van der Waals surface area contributed by atoms with Gasteiger partial charge in [0.25, 0.3) is 5.91 Å². The second kappa shape index (κ2) is 5.63. The van der Waals surface area contributed by atoms with E-state index in [1.165, 1.54) is 5.01 Å². The molecule has 1 aliphatic heterocycles. The lowest BCUT2D eigenvalue weighted by atomic mass is 9.98. The van der Waals surface area contributed by atoms with Crippen LogP contribution in [-0.4, -0.2) is 34.2 Å². The number of hydrogen-bond acceptors (Lipinski definition) is 3. The summed E-state index contributed by atoms with van der Waals surface area (Å²) in [5.41, 5.74) is 0.738. The molecule has 0 saturated carbocycles. The first kappa shape index (κ1) is 12.7. The van der Waals surface area contributed by atoms with Crippen molar-refractivity contribution < 1.29 is 14.7 Å². The lowest BCUT2D eigenvalue weighted by molar-refractivity contribution is -0.137. The van der Waals surface area contributed by atoms with Crippen molar-refractivity contribution in [2.45, 2.75) is 39.5 Å². The number of carboxylic acid groups (broad SMARTS) is 1. The summed E-state index contributed by atoms with van der Waals surface area (Å²) in [4.78, 5) is 22.3. The second-order valence-electron chi connectivity index (χ2n) is 4.04. The molecule has 1 atom stereocenters. The number of unbranched alkanes of at least 4 members (excludes halogenated alkanes) is 1. The Morgan fingerprint density at radius 1 is 1.56 bits per heavy atom. The zero-order valence-electron chi connectivity index (χ0n) is 9.77. The third-order valence-corrected chi connectivity index (χ3v) is 2.71. The van der Waals surface area contributed by atoms with Gasteiger partial charge in [0.15, 0.2) is 0 Å². The van der Waals surface area contributed by atoms with Crippen molar-refractivity contribution in [1.82, 2.24) is 5.01 Å². The van der Waals surface area contributed by atoms with E-state index in [4.69, 9.17) is 5.11 Å². The van der Waals surface area contributed by atoms with E-state index in [2.05, 4.69) is 12.0 Å². The standard InChI is InChI=1S/C11H18N2O3/c1-3-4-7-13-11(16)9(8(2)12-13)5-6-10(14)15/h9H,3-7H2,1-2H3,(H,14,15). The molecular weight excluding hydrogens is 208 g/mol. The van der Waals surface area contributed by atoms with Gasteiger partial charge in [-0.15, -0.1) is 0 Å². The average molecular weight is 226 g/mol. The Labute approximate surface area is 95.1 Å². The van der Waals surface area contributed by atoms with Crippen molar-refractivity contribution in [3.05, 3.63) is 0 Å².